The van der Waals surface area contributed by atoms with E-state index in [2.05, 4.69) is 28.7 Å². The number of amides is 2. The molecule has 0 spiro atoms. The number of hydrogen-bond donors (Lipinski definition) is 2. The van der Waals surface area contributed by atoms with Gasteiger partial charge >= 0.3 is 6.03 Å². The minimum atomic E-state index is -0.0516. The summed E-state index contributed by atoms with van der Waals surface area (Å²) in [6.07, 6.45) is 6.74. The van der Waals surface area contributed by atoms with Crippen LogP contribution in [0.3, 0.4) is 0 Å². The highest BCUT2D eigenvalue weighted by Gasteiger charge is 2.16. The maximum atomic E-state index is 11.8. The number of carbonyl (C=O) groups is 1. The summed E-state index contributed by atoms with van der Waals surface area (Å²) in [4.78, 5) is 14.2. The van der Waals surface area contributed by atoms with Crippen molar-refractivity contribution in [3.63, 3.8) is 0 Å². The van der Waals surface area contributed by atoms with Crippen LogP contribution in [0.2, 0.25) is 0 Å². The zero-order valence-electron chi connectivity index (χ0n) is 12.5. The molecule has 2 aliphatic heterocycles. The summed E-state index contributed by atoms with van der Waals surface area (Å²) < 4.78 is 5.25. The van der Waals surface area contributed by atoms with Gasteiger partial charge in [0.1, 0.15) is 0 Å². The predicted octanol–water partition coefficient (Wildman–Crippen LogP) is 1.36. The van der Waals surface area contributed by atoms with Crippen molar-refractivity contribution in [3.05, 3.63) is 11.6 Å². The van der Waals surface area contributed by atoms with Crippen LogP contribution in [-0.2, 0) is 4.74 Å². The Kier molecular flexibility index (Phi) is 6.33. The van der Waals surface area contributed by atoms with Crippen molar-refractivity contribution in [1.29, 1.82) is 0 Å². The van der Waals surface area contributed by atoms with Crippen molar-refractivity contribution in [3.8, 4) is 0 Å². The molecule has 0 saturated carbocycles. The second-order valence-electron chi connectivity index (χ2n) is 5.87. The molecule has 2 aliphatic rings. The van der Waals surface area contributed by atoms with Gasteiger partial charge in [0.25, 0.3) is 0 Å². The number of rotatable bonds is 4. The Labute approximate surface area is 121 Å². The van der Waals surface area contributed by atoms with Gasteiger partial charge in [0.05, 0.1) is 13.2 Å². The Morgan fingerprint density at radius 1 is 1.45 bits per heavy atom. The number of ether oxygens (including phenoxy) is 1. The van der Waals surface area contributed by atoms with Crippen molar-refractivity contribution in [1.82, 2.24) is 15.5 Å². The van der Waals surface area contributed by atoms with E-state index in [1.165, 1.54) is 31.4 Å². The lowest BCUT2D eigenvalue weighted by molar-refractivity contribution is 0.153. The summed E-state index contributed by atoms with van der Waals surface area (Å²) in [6, 6.07) is -0.0516. The smallest absolute Gasteiger partial charge is 0.315 e. The molecular weight excluding hydrogens is 254 g/mol. The molecule has 0 radical (unpaired) electrons. The van der Waals surface area contributed by atoms with Gasteiger partial charge in [-0.05, 0) is 38.8 Å². The van der Waals surface area contributed by atoms with Crippen molar-refractivity contribution >= 4 is 6.03 Å². The zero-order valence-corrected chi connectivity index (χ0v) is 12.5. The molecule has 2 amide bonds. The second-order valence-corrected chi connectivity index (χ2v) is 5.87. The third-order valence-corrected chi connectivity index (χ3v) is 4.06. The maximum absolute atomic E-state index is 11.8. The van der Waals surface area contributed by atoms with Gasteiger partial charge in [-0.25, -0.2) is 4.79 Å². The van der Waals surface area contributed by atoms with Crippen LogP contribution >= 0.6 is 0 Å². The van der Waals surface area contributed by atoms with E-state index in [1.807, 2.05) is 0 Å². The number of likely N-dealkylation sites (tertiary alicyclic amines) is 1. The lowest BCUT2D eigenvalue weighted by Crippen LogP contribution is -2.41. The molecule has 5 nitrogen and oxygen atoms in total. The molecule has 0 aromatic carbocycles. The van der Waals surface area contributed by atoms with Gasteiger partial charge in [0, 0.05) is 19.6 Å². The van der Waals surface area contributed by atoms with E-state index in [0.29, 0.717) is 19.1 Å². The first-order valence-corrected chi connectivity index (χ1v) is 7.70. The number of nitrogens with zero attached hydrogens (tertiary/aromatic N) is 1. The van der Waals surface area contributed by atoms with Gasteiger partial charge in [-0.3, -0.25) is 0 Å². The molecule has 1 unspecified atom stereocenters. The van der Waals surface area contributed by atoms with E-state index in [-0.39, 0.29) is 6.03 Å². The molecule has 5 heteroatoms. The average Bonchev–Trinajstić information content (AvgIpc) is 2.68. The number of urea groups is 1. The van der Waals surface area contributed by atoms with Gasteiger partial charge in [-0.2, -0.15) is 0 Å². The Hall–Kier alpha value is -1.07. The molecule has 114 valence electrons. The first kappa shape index (κ1) is 15.3. The summed E-state index contributed by atoms with van der Waals surface area (Å²) in [6.45, 7) is 5.12. The van der Waals surface area contributed by atoms with Gasteiger partial charge in [0.2, 0.25) is 0 Å². The summed E-state index contributed by atoms with van der Waals surface area (Å²) in [7, 11) is 2.16. The van der Waals surface area contributed by atoms with Crippen LogP contribution in [0.1, 0.15) is 25.7 Å². The first-order chi connectivity index (χ1) is 9.74. The highest BCUT2D eigenvalue weighted by molar-refractivity contribution is 5.74. The molecule has 2 heterocycles. The van der Waals surface area contributed by atoms with Crippen molar-refractivity contribution in [2.75, 3.05) is 46.4 Å². The molecule has 0 aromatic rings. The van der Waals surface area contributed by atoms with Gasteiger partial charge in [0.15, 0.2) is 0 Å². The number of carbonyl (C=O) groups excluding carboxylic acids is 1. The lowest BCUT2D eigenvalue weighted by atomic mass is 10.0. The van der Waals surface area contributed by atoms with Crippen LogP contribution in [0, 0.1) is 5.92 Å². The SMILES string of the molecule is CN1CCCCC(CNC(=O)NCC2=CCOCC2)C1. The van der Waals surface area contributed by atoms with Gasteiger partial charge in [-0.1, -0.05) is 18.1 Å². The fraction of sp³-hybridized carbons (Fsp3) is 0.800. The van der Waals surface area contributed by atoms with Crippen molar-refractivity contribution in [2.24, 2.45) is 5.92 Å². The number of nitrogens with one attached hydrogen (secondary N) is 2. The van der Waals surface area contributed by atoms with Crippen LogP contribution < -0.4 is 10.6 Å². The molecule has 1 saturated heterocycles. The zero-order chi connectivity index (χ0) is 14.2. The molecule has 20 heavy (non-hydrogen) atoms. The van der Waals surface area contributed by atoms with E-state index in [9.17, 15) is 4.79 Å². The Bertz CT molecular complexity index is 344. The topological polar surface area (TPSA) is 53.6 Å². The molecule has 1 atom stereocenters. The minimum Gasteiger partial charge on any atom is -0.377 e. The molecule has 1 fully saturated rings. The van der Waals surface area contributed by atoms with Crippen LogP contribution in [0.25, 0.3) is 0 Å². The van der Waals surface area contributed by atoms with E-state index in [0.717, 1.165) is 26.1 Å². The fourth-order valence-corrected chi connectivity index (χ4v) is 2.82. The summed E-state index contributed by atoms with van der Waals surface area (Å²) >= 11 is 0. The Balaban J connectivity index is 1.62. The maximum Gasteiger partial charge on any atom is 0.315 e. The molecule has 0 bridgehead atoms. The quantitative estimate of drug-likeness (QED) is 0.765. The fourth-order valence-electron chi connectivity index (χ4n) is 2.82. The minimum absolute atomic E-state index is 0.0516. The first-order valence-electron chi connectivity index (χ1n) is 7.70. The standard InChI is InChI=1S/C15H27N3O2/c1-18-7-3-2-4-14(12-18)11-17-15(19)16-10-13-5-8-20-9-6-13/h5,14H,2-4,6-12H2,1H3,(H2,16,17,19). The van der Waals surface area contributed by atoms with Crippen LogP contribution in [-0.4, -0.2) is 57.4 Å². The monoisotopic (exact) mass is 281 g/mol. The number of hydrogen-bond acceptors (Lipinski definition) is 3. The molecule has 2 rings (SSSR count). The van der Waals surface area contributed by atoms with Crippen LogP contribution in [0.15, 0.2) is 11.6 Å². The summed E-state index contributed by atoms with van der Waals surface area (Å²) in [5.41, 5.74) is 1.26. The van der Waals surface area contributed by atoms with Crippen molar-refractivity contribution < 1.29 is 9.53 Å². The van der Waals surface area contributed by atoms with Crippen molar-refractivity contribution in [2.45, 2.75) is 25.7 Å². The molecule has 2 N–H and O–H groups in total. The van der Waals surface area contributed by atoms with Gasteiger partial charge < -0.3 is 20.3 Å². The normalized spacial score (nSPS) is 24.6. The predicted molar refractivity (Wildman–Crippen MR) is 79.8 cm³/mol. The highest BCUT2D eigenvalue weighted by atomic mass is 16.5. The third kappa shape index (κ3) is 5.51. The van der Waals surface area contributed by atoms with E-state index in [1.54, 1.807) is 0 Å². The van der Waals surface area contributed by atoms with Gasteiger partial charge in [-0.15, -0.1) is 0 Å². The summed E-state index contributed by atoms with van der Waals surface area (Å²) in [5.74, 6) is 0.579. The van der Waals surface area contributed by atoms with E-state index in [4.69, 9.17) is 4.74 Å². The van der Waals surface area contributed by atoms with Crippen LogP contribution in [0.4, 0.5) is 4.79 Å². The summed E-state index contributed by atoms with van der Waals surface area (Å²) in [5, 5.41) is 5.94. The third-order valence-electron chi connectivity index (χ3n) is 4.06. The average molecular weight is 281 g/mol. The Morgan fingerprint density at radius 2 is 2.35 bits per heavy atom. The van der Waals surface area contributed by atoms with Crippen LogP contribution in [0.5, 0.6) is 0 Å². The largest absolute Gasteiger partial charge is 0.377 e. The molecular formula is C15H27N3O2. The second kappa shape index (κ2) is 8.27. The molecule has 0 aliphatic carbocycles. The highest BCUT2D eigenvalue weighted by Crippen LogP contribution is 2.14. The van der Waals surface area contributed by atoms with E-state index < -0.39 is 0 Å². The Morgan fingerprint density at radius 3 is 3.15 bits per heavy atom. The van der Waals surface area contributed by atoms with E-state index >= 15 is 0 Å². The lowest BCUT2D eigenvalue weighted by Gasteiger charge is -2.20. The molecule has 0 aromatic heterocycles.